The van der Waals surface area contributed by atoms with Crippen LogP contribution >= 0.6 is 11.8 Å². The molecule has 0 unspecified atom stereocenters. The maximum atomic E-state index is 12.9. The van der Waals surface area contributed by atoms with Gasteiger partial charge in [-0.15, -0.1) is 11.8 Å². The molecule has 1 N–H and O–H groups in total. The molecular formula is C16H16N2O3S. The number of nitrogens with zero attached hydrogens (tertiary/aromatic N) is 1. The summed E-state index contributed by atoms with van der Waals surface area (Å²) in [7, 11) is 0. The number of para-hydroxylation sites is 1. The number of nitrogens with one attached hydrogen (secondary N) is 1. The molecule has 2 atom stereocenters. The van der Waals surface area contributed by atoms with Gasteiger partial charge in [-0.05, 0) is 13.0 Å². The Hall–Kier alpha value is -1.79. The third kappa shape index (κ3) is 1.59. The van der Waals surface area contributed by atoms with E-state index in [1.54, 1.807) is 18.7 Å². The summed E-state index contributed by atoms with van der Waals surface area (Å²) in [6, 6.07) is 7.69. The summed E-state index contributed by atoms with van der Waals surface area (Å²) in [6.45, 7) is 2.08. The topological polar surface area (TPSA) is 58.6 Å². The predicted molar refractivity (Wildman–Crippen MR) is 84.4 cm³/mol. The summed E-state index contributed by atoms with van der Waals surface area (Å²) in [5.41, 5.74) is 1.06. The van der Waals surface area contributed by atoms with E-state index in [9.17, 15) is 9.59 Å². The van der Waals surface area contributed by atoms with Gasteiger partial charge < -0.3 is 10.1 Å². The Morgan fingerprint density at radius 3 is 3.14 bits per heavy atom. The summed E-state index contributed by atoms with van der Waals surface area (Å²) in [5, 5.41) is 2.93. The molecule has 1 spiro atoms. The Morgan fingerprint density at radius 2 is 2.32 bits per heavy atom. The molecule has 0 bridgehead atoms. The number of rotatable bonds is 2. The van der Waals surface area contributed by atoms with Crippen molar-refractivity contribution in [2.45, 2.75) is 18.5 Å². The molecule has 3 aliphatic heterocycles. The maximum Gasteiger partial charge on any atom is 0.336 e. The number of esters is 1. The molecule has 5 nitrogen and oxygen atoms in total. The van der Waals surface area contributed by atoms with Crippen LogP contribution in [0, 0.1) is 0 Å². The molecule has 1 amide bonds. The molecule has 0 saturated carbocycles. The smallest absolute Gasteiger partial charge is 0.336 e. The van der Waals surface area contributed by atoms with Crippen molar-refractivity contribution >= 4 is 29.3 Å². The largest absolute Gasteiger partial charge is 0.463 e. The average Bonchev–Trinajstić information content (AvgIpc) is 3.15. The van der Waals surface area contributed by atoms with Crippen LogP contribution in [0.25, 0.3) is 0 Å². The van der Waals surface area contributed by atoms with E-state index in [0.717, 1.165) is 22.9 Å². The Bertz CT molecular complexity index is 702. The second-order valence-electron chi connectivity index (χ2n) is 5.55. The molecule has 6 heteroatoms. The van der Waals surface area contributed by atoms with Crippen LogP contribution in [0.15, 0.2) is 35.9 Å². The fourth-order valence-corrected chi connectivity index (χ4v) is 4.83. The van der Waals surface area contributed by atoms with Gasteiger partial charge in [-0.1, -0.05) is 24.3 Å². The van der Waals surface area contributed by atoms with Crippen molar-refractivity contribution in [2.75, 3.05) is 23.6 Å². The predicted octanol–water partition coefficient (Wildman–Crippen LogP) is 1.71. The first-order valence-corrected chi connectivity index (χ1v) is 8.50. The first kappa shape index (κ1) is 13.8. The molecule has 3 aliphatic rings. The number of thioether (sulfide) groups is 1. The van der Waals surface area contributed by atoms with Gasteiger partial charge in [0.25, 0.3) is 5.91 Å². The lowest BCUT2D eigenvalue weighted by Crippen LogP contribution is -2.51. The SMILES string of the molecule is CCOC(=O)C1=C[C@H]2CSCN2[C@]12C(=O)Nc1ccccc12. The van der Waals surface area contributed by atoms with Gasteiger partial charge in [0, 0.05) is 28.9 Å². The summed E-state index contributed by atoms with van der Waals surface area (Å²) in [5.74, 6) is 1.07. The second-order valence-corrected chi connectivity index (χ2v) is 6.55. The summed E-state index contributed by atoms with van der Waals surface area (Å²) < 4.78 is 5.22. The highest BCUT2D eigenvalue weighted by Gasteiger charge is 2.62. The van der Waals surface area contributed by atoms with Crippen molar-refractivity contribution in [2.24, 2.45) is 0 Å². The molecule has 1 aromatic rings. The number of hydrogen-bond acceptors (Lipinski definition) is 5. The van der Waals surface area contributed by atoms with Crippen LogP contribution in [-0.4, -0.2) is 41.1 Å². The monoisotopic (exact) mass is 316 g/mol. The van der Waals surface area contributed by atoms with Gasteiger partial charge in [-0.3, -0.25) is 9.69 Å². The third-order valence-corrected chi connectivity index (χ3v) is 5.53. The first-order valence-electron chi connectivity index (χ1n) is 7.34. The van der Waals surface area contributed by atoms with Gasteiger partial charge in [0.2, 0.25) is 0 Å². The standard InChI is InChI=1S/C16H16N2O3S/c1-2-21-14(19)12-7-10-8-22-9-18(10)16(12)11-5-3-4-6-13(11)17-15(16)20/h3-7,10H,2,8-9H2,1H3,(H,17,20)/t10-,16-/m0/s1. The van der Waals surface area contributed by atoms with Gasteiger partial charge in [0.05, 0.1) is 12.2 Å². The molecule has 1 saturated heterocycles. The average molecular weight is 316 g/mol. The highest BCUT2D eigenvalue weighted by molar-refractivity contribution is 7.99. The quantitative estimate of drug-likeness (QED) is 0.842. The van der Waals surface area contributed by atoms with Gasteiger partial charge in [0.15, 0.2) is 5.54 Å². The van der Waals surface area contributed by atoms with E-state index in [0.29, 0.717) is 12.2 Å². The number of benzene rings is 1. The zero-order valence-electron chi connectivity index (χ0n) is 12.2. The lowest BCUT2D eigenvalue weighted by molar-refractivity contribution is -0.142. The minimum atomic E-state index is -1.03. The Kier molecular flexibility index (Phi) is 3.06. The van der Waals surface area contributed by atoms with Crippen LogP contribution in [-0.2, 0) is 19.9 Å². The normalized spacial score (nSPS) is 29.2. The van der Waals surface area contributed by atoms with Gasteiger partial charge >= 0.3 is 5.97 Å². The maximum absolute atomic E-state index is 12.9. The Balaban J connectivity index is 1.92. The number of fused-ring (bicyclic) bond motifs is 4. The van der Waals surface area contributed by atoms with E-state index < -0.39 is 11.5 Å². The first-order chi connectivity index (χ1) is 10.7. The lowest BCUT2D eigenvalue weighted by atomic mass is 9.84. The van der Waals surface area contributed by atoms with E-state index >= 15 is 0 Å². The van der Waals surface area contributed by atoms with Crippen LogP contribution in [0.2, 0.25) is 0 Å². The van der Waals surface area contributed by atoms with E-state index in [4.69, 9.17) is 4.74 Å². The number of anilines is 1. The molecule has 0 aliphatic carbocycles. The Labute approximate surface area is 132 Å². The van der Waals surface area contributed by atoms with Gasteiger partial charge in [0.1, 0.15) is 0 Å². The minimum Gasteiger partial charge on any atom is -0.463 e. The van der Waals surface area contributed by atoms with Gasteiger partial charge in [-0.25, -0.2) is 4.79 Å². The van der Waals surface area contributed by atoms with Crippen LogP contribution in [0.4, 0.5) is 5.69 Å². The fourth-order valence-electron chi connectivity index (χ4n) is 3.63. The molecule has 1 fully saturated rings. The van der Waals surface area contributed by atoms with Crippen molar-refractivity contribution in [1.29, 1.82) is 0 Å². The van der Waals surface area contributed by atoms with Crippen LogP contribution < -0.4 is 5.32 Å². The number of carbonyl (C=O) groups excluding carboxylic acids is 2. The summed E-state index contributed by atoms with van der Waals surface area (Å²) >= 11 is 1.78. The molecule has 1 aromatic carbocycles. The lowest BCUT2D eigenvalue weighted by Gasteiger charge is -2.34. The van der Waals surface area contributed by atoms with Crippen molar-refractivity contribution in [3.63, 3.8) is 0 Å². The number of carbonyl (C=O) groups is 2. The van der Waals surface area contributed by atoms with Crippen molar-refractivity contribution in [3.8, 4) is 0 Å². The molecule has 22 heavy (non-hydrogen) atoms. The van der Waals surface area contributed by atoms with E-state index in [1.807, 2.05) is 30.3 Å². The summed E-state index contributed by atoms with van der Waals surface area (Å²) in [4.78, 5) is 27.5. The fraction of sp³-hybridized carbons (Fsp3) is 0.375. The summed E-state index contributed by atoms with van der Waals surface area (Å²) in [6.07, 6.45) is 1.92. The zero-order valence-corrected chi connectivity index (χ0v) is 13.0. The molecule has 0 radical (unpaired) electrons. The number of ether oxygens (including phenoxy) is 1. The Morgan fingerprint density at radius 1 is 1.50 bits per heavy atom. The number of hydrogen-bond donors (Lipinski definition) is 1. The molecular weight excluding hydrogens is 300 g/mol. The second kappa shape index (κ2) is 4.86. The van der Waals surface area contributed by atoms with Gasteiger partial charge in [-0.2, -0.15) is 0 Å². The van der Waals surface area contributed by atoms with E-state index in [-0.39, 0.29) is 11.9 Å². The van der Waals surface area contributed by atoms with Crippen molar-refractivity contribution in [1.82, 2.24) is 4.90 Å². The molecule has 0 aromatic heterocycles. The highest BCUT2D eigenvalue weighted by atomic mass is 32.2. The minimum absolute atomic E-state index is 0.0984. The molecule has 114 valence electrons. The van der Waals surface area contributed by atoms with E-state index in [1.165, 1.54) is 0 Å². The number of amides is 1. The van der Waals surface area contributed by atoms with E-state index in [2.05, 4.69) is 10.2 Å². The van der Waals surface area contributed by atoms with Crippen molar-refractivity contribution in [3.05, 3.63) is 41.5 Å². The third-order valence-electron chi connectivity index (χ3n) is 4.49. The highest BCUT2D eigenvalue weighted by Crippen LogP contribution is 2.52. The molecule has 3 heterocycles. The van der Waals surface area contributed by atoms with Crippen molar-refractivity contribution < 1.29 is 14.3 Å². The van der Waals surface area contributed by atoms with Crippen LogP contribution in [0.1, 0.15) is 12.5 Å². The van der Waals surface area contributed by atoms with Crippen LogP contribution in [0.5, 0.6) is 0 Å². The zero-order chi connectivity index (χ0) is 15.3. The molecule has 4 rings (SSSR count). The van der Waals surface area contributed by atoms with Crippen LogP contribution in [0.3, 0.4) is 0 Å².